The van der Waals surface area contributed by atoms with Gasteiger partial charge >= 0.3 is 0 Å². The first-order valence-corrected chi connectivity index (χ1v) is 8.05. The number of rotatable bonds is 6. The van der Waals surface area contributed by atoms with Gasteiger partial charge in [-0.1, -0.05) is 25.4 Å². The van der Waals surface area contributed by atoms with E-state index in [1.54, 1.807) is 0 Å². The largest absolute Gasteiger partial charge is 0.339 e. The molecule has 1 aromatic rings. The Labute approximate surface area is 113 Å². The average Bonchev–Trinajstić information content (AvgIpc) is 2.88. The summed E-state index contributed by atoms with van der Waals surface area (Å²) in [5.41, 5.74) is 0. The Morgan fingerprint density at radius 3 is 3.00 bits per heavy atom. The van der Waals surface area contributed by atoms with Crippen molar-refractivity contribution >= 4 is 11.8 Å². The quantitative estimate of drug-likeness (QED) is 0.860. The third-order valence-corrected chi connectivity index (χ3v) is 4.73. The topological polar surface area (TPSA) is 51.0 Å². The smallest absolute Gasteiger partial charge is 0.228 e. The second-order valence-electron chi connectivity index (χ2n) is 4.77. The summed E-state index contributed by atoms with van der Waals surface area (Å²) in [6.45, 7) is 5.29. The van der Waals surface area contributed by atoms with E-state index in [9.17, 15) is 0 Å². The molecule has 1 aliphatic rings. The zero-order valence-corrected chi connectivity index (χ0v) is 12.1. The molecule has 0 radical (unpaired) electrons. The van der Waals surface area contributed by atoms with Gasteiger partial charge in [-0.2, -0.15) is 16.7 Å². The van der Waals surface area contributed by atoms with Crippen molar-refractivity contribution in [3.05, 3.63) is 11.7 Å². The molecule has 1 fully saturated rings. The Morgan fingerprint density at radius 1 is 1.44 bits per heavy atom. The minimum atomic E-state index is 0.447. The minimum Gasteiger partial charge on any atom is -0.339 e. The van der Waals surface area contributed by atoms with Crippen LogP contribution in [0.1, 0.15) is 56.5 Å². The molecule has 4 nitrogen and oxygen atoms in total. The third kappa shape index (κ3) is 3.72. The number of likely N-dealkylation sites (N-methyl/N-ethyl adjacent to an activating group) is 1. The van der Waals surface area contributed by atoms with Crippen LogP contribution in [0.2, 0.25) is 0 Å². The molecule has 5 heteroatoms. The molecule has 102 valence electrons. The molecule has 2 atom stereocenters. The van der Waals surface area contributed by atoms with Crippen LogP contribution in [0.15, 0.2) is 4.52 Å². The van der Waals surface area contributed by atoms with Crippen molar-refractivity contribution in [2.24, 2.45) is 0 Å². The number of aromatic nitrogens is 2. The van der Waals surface area contributed by atoms with Gasteiger partial charge in [-0.15, -0.1) is 0 Å². The molecular weight excluding hydrogens is 246 g/mol. The number of thioether (sulfide) groups is 1. The Hall–Kier alpha value is -0.550. The molecule has 0 saturated carbocycles. The molecule has 2 heterocycles. The summed E-state index contributed by atoms with van der Waals surface area (Å²) in [7, 11) is 0. The first kappa shape index (κ1) is 13.9. The van der Waals surface area contributed by atoms with Gasteiger partial charge in [0, 0.05) is 12.5 Å². The van der Waals surface area contributed by atoms with Crippen LogP contribution in [-0.4, -0.2) is 28.5 Å². The van der Waals surface area contributed by atoms with Crippen molar-refractivity contribution in [1.29, 1.82) is 0 Å². The van der Waals surface area contributed by atoms with E-state index < -0.39 is 0 Å². The standard InChI is InChI=1S/C13H23N3OS/c1-3-10(14-4-2)9-12-15-13(16-17-12)11-7-5-6-8-18-11/h10-11,14H,3-9H2,1-2H3. The summed E-state index contributed by atoms with van der Waals surface area (Å²) >= 11 is 1.96. The van der Waals surface area contributed by atoms with E-state index in [0.717, 1.165) is 31.1 Å². The number of nitrogens with one attached hydrogen (secondary N) is 1. The van der Waals surface area contributed by atoms with Crippen molar-refractivity contribution in [3.8, 4) is 0 Å². The van der Waals surface area contributed by atoms with Gasteiger partial charge in [0.05, 0.1) is 5.25 Å². The zero-order chi connectivity index (χ0) is 12.8. The maximum atomic E-state index is 5.38. The molecule has 0 spiro atoms. The monoisotopic (exact) mass is 269 g/mol. The van der Waals surface area contributed by atoms with E-state index in [2.05, 4.69) is 29.3 Å². The summed E-state index contributed by atoms with van der Waals surface area (Å²) in [5.74, 6) is 2.91. The van der Waals surface area contributed by atoms with Gasteiger partial charge in [0.15, 0.2) is 5.82 Å². The molecule has 1 aromatic heterocycles. The van der Waals surface area contributed by atoms with E-state index in [4.69, 9.17) is 4.52 Å². The molecule has 1 N–H and O–H groups in total. The molecule has 0 amide bonds. The SMILES string of the molecule is CCNC(CC)Cc1nc(C2CCCCS2)no1. The van der Waals surface area contributed by atoms with Crippen LogP contribution in [0.4, 0.5) is 0 Å². The van der Waals surface area contributed by atoms with Gasteiger partial charge in [0.2, 0.25) is 5.89 Å². The number of hydrogen-bond donors (Lipinski definition) is 1. The average molecular weight is 269 g/mol. The lowest BCUT2D eigenvalue weighted by Gasteiger charge is -2.17. The van der Waals surface area contributed by atoms with Gasteiger partial charge in [-0.05, 0) is 31.6 Å². The zero-order valence-electron chi connectivity index (χ0n) is 11.3. The summed E-state index contributed by atoms with van der Waals surface area (Å²) < 4.78 is 5.38. The fraction of sp³-hybridized carbons (Fsp3) is 0.846. The highest BCUT2D eigenvalue weighted by atomic mass is 32.2. The lowest BCUT2D eigenvalue weighted by Crippen LogP contribution is -2.30. The van der Waals surface area contributed by atoms with Crippen molar-refractivity contribution in [3.63, 3.8) is 0 Å². The minimum absolute atomic E-state index is 0.447. The molecule has 0 bridgehead atoms. The maximum Gasteiger partial charge on any atom is 0.228 e. The van der Waals surface area contributed by atoms with Crippen molar-refractivity contribution in [1.82, 2.24) is 15.5 Å². The summed E-state index contributed by atoms with van der Waals surface area (Å²) in [6.07, 6.45) is 5.73. The van der Waals surface area contributed by atoms with Gasteiger partial charge in [0.25, 0.3) is 0 Å². The third-order valence-electron chi connectivity index (χ3n) is 3.36. The molecule has 0 aliphatic carbocycles. The summed E-state index contributed by atoms with van der Waals surface area (Å²) in [5, 5.41) is 8.04. The van der Waals surface area contributed by atoms with Crippen LogP contribution >= 0.6 is 11.8 Å². The normalized spacial score (nSPS) is 22.0. The van der Waals surface area contributed by atoms with Gasteiger partial charge < -0.3 is 9.84 Å². The van der Waals surface area contributed by atoms with E-state index in [-0.39, 0.29) is 0 Å². The van der Waals surface area contributed by atoms with E-state index >= 15 is 0 Å². The number of hydrogen-bond acceptors (Lipinski definition) is 5. The van der Waals surface area contributed by atoms with E-state index in [1.807, 2.05) is 11.8 Å². The predicted octanol–water partition coefficient (Wildman–Crippen LogP) is 2.96. The Morgan fingerprint density at radius 2 is 2.33 bits per heavy atom. The van der Waals surface area contributed by atoms with Gasteiger partial charge in [0.1, 0.15) is 0 Å². The Bertz CT molecular complexity index is 350. The summed E-state index contributed by atoms with van der Waals surface area (Å²) in [4.78, 5) is 4.57. The van der Waals surface area contributed by atoms with Crippen molar-refractivity contribution in [2.45, 2.75) is 57.2 Å². The molecule has 1 saturated heterocycles. The molecule has 2 unspecified atom stereocenters. The summed E-state index contributed by atoms with van der Waals surface area (Å²) in [6, 6.07) is 0.447. The first-order chi connectivity index (χ1) is 8.83. The van der Waals surface area contributed by atoms with Crippen LogP contribution in [0, 0.1) is 0 Å². The molecule has 1 aliphatic heterocycles. The predicted molar refractivity (Wildman–Crippen MR) is 74.8 cm³/mol. The van der Waals surface area contributed by atoms with Gasteiger partial charge in [-0.3, -0.25) is 0 Å². The highest BCUT2D eigenvalue weighted by molar-refractivity contribution is 7.99. The second kappa shape index (κ2) is 7.14. The van der Waals surface area contributed by atoms with E-state index in [1.165, 1.54) is 25.0 Å². The van der Waals surface area contributed by atoms with Crippen LogP contribution in [-0.2, 0) is 6.42 Å². The van der Waals surface area contributed by atoms with Crippen LogP contribution in [0.25, 0.3) is 0 Å². The first-order valence-electron chi connectivity index (χ1n) is 7.01. The van der Waals surface area contributed by atoms with E-state index in [0.29, 0.717) is 11.3 Å². The lowest BCUT2D eigenvalue weighted by atomic mass is 10.1. The Balaban J connectivity index is 1.92. The van der Waals surface area contributed by atoms with Crippen LogP contribution in [0.5, 0.6) is 0 Å². The van der Waals surface area contributed by atoms with Crippen molar-refractivity contribution in [2.75, 3.05) is 12.3 Å². The fourth-order valence-electron chi connectivity index (χ4n) is 2.29. The van der Waals surface area contributed by atoms with Crippen LogP contribution in [0.3, 0.4) is 0 Å². The molecule has 2 rings (SSSR count). The second-order valence-corrected chi connectivity index (χ2v) is 6.08. The van der Waals surface area contributed by atoms with Gasteiger partial charge in [-0.25, -0.2) is 0 Å². The number of nitrogens with zero attached hydrogens (tertiary/aromatic N) is 2. The fourth-order valence-corrected chi connectivity index (χ4v) is 3.52. The van der Waals surface area contributed by atoms with Crippen LogP contribution < -0.4 is 5.32 Å². The highest BCUT2D eigenvalue weighted by Crippen LogP contribution is 2.36. The highest BCUT2D eigenvalue weighted by Gasteiger charge is 2.22. The molecule has 0 aromatic carbocycles. The molecule has 18 heavy (non-hydrogen) atoms. The lowest BCUT2D eigenvalue weighted by molar-refractivity contribution is 0.351. The van der Waals surface area contributed by atoms with Crippen molar-refractivity contribution < 1.29 is 4.52 Å². The maximum absolute atomic E-state index is 5.38. The molecular formula is C13H23N3OS. The Kier molecular flexibility index (Phi) is 5.50.